The quantitative estimate of drug-likeness (QED) is 0.884. The molecule has 0 aromatic heterocycles. The molecular formula is C15H15BrFNO2. The van der Waals surface area contributed by atoms with Crippen LogP contribution in [0.3, 0.4) is 0 Å². The molecule has 0 aliphatic heterocycles. The molecule has 0 atom stereocenters. The van der Waals surface area contributed by atoms with Crippen molar-refractivity contribution in [3.05, 3.63) is 52.3 Å². The minimum Gasteiger partial charge on any atom is -0.496 e. The zero-order valence-corrected chi connectivity index (χ0v) is 12.8. The maximum atomic E-state index is 13.3. The third-order valence-corrected chi connectivity index (χ3v) is 3.48. The van der Waals surface area contributed by atoms with E-state index in [1.165, 1.54) is 13.2 Å². The van der Waals surface area contributed by atoms with Gasteiger partial charge in [-0.1, -0.05) is 6.07 Å². The molecule has 0 saturated heterocycles. The third-order valence-electron chi connectivity index (χ3n) is 2.86. The highest BCUT2D eigenvalue weighted by molar-refractivity contribution is 9.10. The Bertz CT molecular complexity index is 604. The van der Waals surface area contributed by atoms with Crippen molar-refractivity contribution in [3.8, 4) is 11.5 Å². The minimum atomic E-state index is -0.370. The number of hydrogen-bond donors (Lipinski definition) is 1. The topological polar surface area (TPSA) is 30.5 Å². The van der Waals surface area contributed by atoms with Gasteiger partial charge in [-0.05, 0) is 45.8 Å². The first-order valence-corrected chi connectivity index (χ1v) is 6.83. The summed E-state index contributed by atoms with van der Waals surface area (Å²) in [6.07, 6.45) is 0. The van der Waals surface area contributed by atoms with Crippen molar-refractivity contribution in [1.29, 1.82) is 0 Å². The Labute approximate surface area is 125 Å². The van der Waals surface area contributed by atoms with Gasteiger partial charge in [-0.15, -0.1) is 0 Å². The van der Waals surface area contributed by atoms with Crippen LogP contribution >= 0.6 is 15.9 Å². The van der Waals surface area contributed by atoms with Gasteiger partial charge in [0.25, 0.3) is 0 Å². The zero-order valence-electron chi connectivity index (χ0n) is 11.2. The molecule has 0 unspecified atom stereocenters. The average molecular weight is 340 g/mol. The Kier molecular flexibility index (Phi) is 4.84. The molecule has 0 radical (unpaired) electrons. The molecule has 0 saturated carbocycles. The van der Waals surface area contributed by atoms with Gasteiger partial charge < -0.3 is 14.8 Å². The molecule has 0 spiro atoms. The summed E-state index contributed by atoms with van der Waals surface area (Å²) in [6, 6.07) is 10.5. The first kappa shape index (κ1) is 14.7. The predicted octanol–water partition coefficient (Wildman–Crippen LogP) is 4.22. The van der Waals surface area contributed by atoms with Crippen LogP contribution in [-0.4, -0.2) is 14.2 Å². The molecule has 0 fully saturated rings. The second kappa shape index (κ2) is 6.61. The van der Waals surface area contributed by atoms with Crippen molar-refractivity contribution in [3.63, 3.8) is 0 Å². The van der Waals surface area contributed by atoms with Gasteiger partial charge in [0, 0.05) is 18.3 Å². The fourth-order valence-electron chi connectivity index (χ4n) is 1.79. The third kappa shape index (κ3) is 3.42. The number of hydrogen-bond acceptors (Lipinski definition) is 3. The summed E-state index contributed by atoms with van der Waals surface area (Å²) in [7, 11) is 3.07. The summed E-state index contributed by atoms with van der Waals surface area (Å²) < 4.78 is 24.3. The summed E-state index contributed by atoms with van der Waals surface area (Å²) in [6.45, 7) is 0.622. The zero-order chi connectivity index (χ0) is 14.5. The van der Waals surface area contributed by atoms with E-state index < -0.39 is 0 Å². The Morgan fingerprint density at radius 1 is 1.05 bits per heavy atom. The highest BCUT2D eigenvalue weighted by atomic mass is 79.9. The van der Waals surface area contributed by atoms with Crippen molar-refractivity contribution in [2.75, 3.05) is 19.5 Å². The van der Waals surface area contributed by atoms with E-state index in [2.05, 4.69) is 21.2 Å². The fraction of sp³-hybridized carbons (Fsp3) is 0.200. The first-order chi connectivity index (χ1) is 9.63. The highest BCUT2D eigenvalue weighted by Gasteiger charge is 2.04. The monoisotopic (exact) mass is 339 g/mol. The maximum absolute atomic E-state index is 13.3. The molecule has 0 amide bonds. The summed E-state index contributed by atoms with van der Waals surface area (Å²) in [5, 5.41) is 3.22. The SMILES string of the molecule is COc1cc(NCc2ccc(OC)c(Br)c2)ccc1F. The Hall–Kier alpha value is -1.75. The molecule has 2 aromatic rings. The first-order valence-electron chi connectivity index (χ1n) is 6.04. The van der Waals surface area contributed by atoms with E-state index in [0.29, 0.717) is 6.54 Å². The minimum absolute atomic E-state index is 0.228. The molecule has 3 nitrogen and oxygen atoms in total. The highest BCUT2D eigenvalue weighted by Crippen LogP contribution is 2.26. The van der Waals surface area contributed by atoms with Gasteiger partial charge in [-0.2, -0.15) is 0 Å². The lowest BCUT2D eigenvalue weighted by Gasteiger charge is -2.10. The number of ether oxygens (including phenoxy) is 2. The van der Waals surface area contributed by atoms with Gasteiger partial charge >= 0.3 is 0 Å². The van der Waals surface area contributed by atoms with Crippen LogP contribution in [0, 0.1) is 5.82 Å². The smallest absolute Gasteiger partial charge is 0.165 e. The standard InChI is InChI=1S/C15H15BrFNO2/c1-19-14-6-3-10(7-12(14)16)9-18-11-4-5-13(17)15(8-11)20-2/h3-8,18H,9H2,1-2H3. The second-order valence-corrected chi connectivity index (χ2v) is 5.03. The molecule has 20 heavy (non-hydrogen) atoms. The normalized spacial score (nSPS) is 10.2. The molecule has 0 aliphatic rings. The van der Waals surface area contributed by atoms with E-state index in [-0.39, 0.29) is 11.6 Å². The summed E-state index contributed by atoms with van der Waals surface area (Å²) in [4.78, 5) is 0. The van der Waals surface area contributed by atoms with Crippen molar-refractivity contribution in [2.24, 2.45) is 0 Å². The summed E-state index contributed by atoms with van der Waals surface area (Å²) in [5.74, 6) is 0.647. The van der Waals surface area contributed by atoms with Crippen LogP contribution in [-0.2, 0) is 6.54 Å². The van der Waals surface area contributed by atoms with Crippen LogP contribution in [0.15, 0.2) is 40.9 Å². The number of nitrogens with one attached hydrogen (secondary N) is 1. The summed E-state index contributed by atoms with van der Waals surface area (Å²) >= 11 is 3.44. The van der Waals surface area contributed by atoms with Gasteiger partial charge in [-0.3, -0.25) is 0 Å². The Morgan fingerprint density at radius 3 is 2.45 bits per heavy atom. The van der Waals surface area contributed by atoms with Crippen LogP contribution in [0.25, 0.3) is 0 Å². The van der Waals surface area contributed by atoms with E-state index in [0.717, 1.165) is 21.5 Å². The lowest BCUT2D eigenvalue weighted by molar-refractivity contribution is 0.387. The van der Waals surface area contributed by atoms with Gasteiger partial charge in [0.05, 0.1) is 18.7 Å². The number of halogens is 2. The van der Waals surface area contributed by atoms with Crippen molar-refractivity contribution < 1.29 is 13.9 Å². The van der Waals surface area contributed by atoms with Crippen LogP contribution in [0.5, 0.6) is 11.5 Å². The molecule has 106 valence electrons. The van der Waals surface area contributed by atoms with Gasteiger partial charge in [-0.25, -0.2) is 4.39 Å². The molecule has 0 heterocycles. The lowest BCUT2D eigenvalue weighted by Crippen LogP contribution is -2.00. The number of benzene rings is 2. The molecular weight excluding hydrogens is 325 g/mol. The van der Waals surface area contributed by atoms with Crippen LogP contribution < -0.4 is 14.8 Å². The molecule has 0 bridgehead atoms. The Balaban J connectivity index is 2.07. The number of methoxy groups -OCH3 is 2. The molecule has 2 rings (SSSR count). The van der Waals surface area contributed by atoms with E-state index in [9.17, 15) is 4.39 Å². The average Bonchev–Trinajstić information content (AvgIpc) is 2.46. The number of anilines is 1. The second-order valence-electron chi connectivity index (χ2n) is 4.17. The summed E-state index contributed by atoms with van der Waals surface area (Å²) in [5.41, 5.74) is 1.89. The maximum Gasteiger partial charge on any atom is 0.165 e. The van der Waals surface area contributed by atoms with Crippen molar-refractivity contribution >= 4 is 21.6 Å². The molecule has 0 aliphatic carbocycles. The van der Waals surface area contributed by atoms with Gasteiger partial charge in [0.1, 0.15) is 5.75 Å². The lowest BCUT2D eigenvalue weighted by atomic mass is 10.2. The van der Waals surface area contributed by atoms with E-state index >= 15 is 0 Å². The molecule has 1 N–H and O–H groups in total. The predicted molar refractivity (Wildman–Crippen MR) is 81.0 cm³/mol. The van der Waals surface area contributed by atoms with Crippen molar-refractivity contribution in [1.82, 2.24) is 0 Å². The number of rotatable bonds is 5. The van der Waals surface area contributed by atoms with Crippen molar-refractivity contribution in [2.45, 2.75) is 6.54 Å². The van der Waals surface area contributed by atoms with Crippen LogP contribution in [0.2, 0.25) is 0 Å². The van der Waals surface area contributed by atoms with Crippen LogP contribution in [0.1, 0.15) is 5.56 Å². The largest absolute Gasteiger partial charge is 0.496 e. The van der Waals surface area contributed by atoms with Crippen LogP contribution in [0.4, 0.5) is 10.1 Å². The van der Waals surface area contributed by atoms with Gasteiger partial charge in [0.2, 0.25) is 0 Å². The fourth-order valence-corrected chi connectivity index (χ4v) is 2.38. The van der Waals surface area contributed by atoms with E-state index in [1.54, 1.807) is 19.2 Å². The van der Waals surface area contributed by atoms with Gasteiger partial charge in [0.15, 0.2) is 11.6 Å². The Morgan fingerprint density at radius 2 is 1.80 bits per heavy atom. The van der Waals surface area contributed by atoms with E-state index in [4.69, 9.17) is 9.47 Å². The molecule has 5 heteroatoms. The van der Waals surface area contributed by atoms with E-state index in [1.807, 2.05) is 18.2 Å². The molecule has 2 aromatic carbocycles.